The molecule has 2 N–H and O–H groups in total. The van der Waals surface area contributed by atoms with E-state index >= 15 is 0 Å². The summed E-state index contributed by atoms with van der Waals surface area (Å²) in [6.07, 6.45) is 10.8. The number of carbonyl (C=O) groups is 4. The van der Waals surface area contributed by atoms with Gasteiger partial charge in [-0.2, -0.15) is 0 Å². The molecule has 62 heavy (non-hydrogen) atoms. The molecule has 4 aliphatic heterocycles. The van der Waals surface area contributed by atoms with Gasteiger partial charge in [0.25, 0.3) is 0 Å². The van der Waals surface area contributed by atoms with Crippen LogP contribution in [-0.2, 0) is 19.2 Å². The van der Waals surface area contributed by atoms with E-state index < -0.39 is 45.8 Å². The normalized spacial score (nSPS) is 25.3. The van der Waals surface area contributed by atoms with Gasteiger partial charge in [0, 0.05) is 35.2 Å². The average Bonchev–Trinajstić information content (AvgIpc) is 4.03. The third-order valence-corrected chi connectivity index (χ3v) is 14.7. The molecule has 4 amide bonds. The molecular weight excluding hydrogens is 777 g/mol. The van der Waals surface area contributed by atoms with Gasteiger partial charge in [-0.1, -0.05) is 62.4 Å². The first-order valence-electron chi connectivity index (χ1n) is 22.8. The number of hydrogen-bond acceptors (Lipinski definition) is 6. The zero-order valence-corrected chi connectivity index (χ0v) is 38.5. The van der Waals surface area contributed by atoms with Crippen LogP contribution >= 0.6 is 0 Å². The van der Waals surface area contributed by atoms with Crippen molar-refractivity contribution in [1.29, 1.82) is 0 Å². The minimum atomic E-state index is -0.444. The average molecular weight is 843 g/mol. The lowest BCUT2D eigenvalue weighted by Crippen LogP contribution is -2.64. The molecule has 0 spiro atoms. The van der Waals surface area contributed by atoms with Crippen molar-refractivity contribution in [3.63, 3.8) is 0 Å². The van der Waals surface area contributed by atoms with Crippen LogP contribution in [0, 0.1) is 11.8 Å². The van der Waals surface area contributed by atoms with Crippen LogP contribution in [0.15, 0.2) is 60.9 Å². The van der Waals surface area contributed by atoms with Crippen LogP contribution in [-0.4, -0.2) is 98.4 Å². The van der Waals surface area contributed by atoms with E-state index in [1.807, 2.05) is 22.2 Å². The second kappa shape index (κ2) is 15.8. The van der Waals surface area contributed by atoms with Gasteiger partial charge in [0.1, 0.15) is 11.6 Å². The van der Waals surface area contributed by atoms with Gasteiger partial charge in [-0.3, -0.25) is 19.2 Å². The summed E-state index contributed by atoms with van der Waals surface area (Å²) in [6, 6.07) is 16.0. The van der Waals surface area contributed by atoms with Crippen LogP contribution in [0.3, 0.4) is 0 Å². The number of nitrogens with one attached hydrogen (secondary N) is 2. The minimum absolute atomic E-state index is 0.151. The van der Waals surface area contributed by atoms with Gasteiger partial charge in [-0.05, 0) is 141 Å². The molecule has 2 aromatic heterocycles. The first-order chi connectivity index (χ1) is 29.2. The van der Waals surface area contributed by atoms with Crippen molar-refractivity contribution in [2.75, 3.05) is 13.1 Å². The molecule has 4 saturated heterocycles. The van der Waals surface area contributed by atoms with E-state index in [1.54, 1.807) is 9.80 Å². The Kier molecular flexibility index (Phi) is 11.1. The maximum Gasteiger partial charge on any atom is 0.313 e. The number of amides is 4. The van der Waals surface area contributed by atoms with Crippen molar-refractivity contribution < 1.29 is 19.2 Å². The van der Waals surface area contributed by atoms with E-state index in [0.717, 1.165) is 85.0 Å². The quantitative estimate of drug-likeness (QED) is 0.192. The molecule has 0 saturated carbocycles. The standard InChI is InChI=1S/C50H66N8O4/c1-31-21-27-55(43(59)45(61)57-47(3,4)23-11-24-48(57,5)6)39(31)41-51-29-37(53-41)35-17-13-33(14-18-35)34-15-19-36(20-16-34)38-30-52-42(54-38)40-32(2)22-28-56(40)44(60)46(62)58-49(7,8)25-12-26-50(58,9)10/h13-20,29-32,39-40H,11-12,21-28H2,1-10H3,(H,51,53)(H,52,54)/t31-,32?,39?,40?/m0/s1. The largest absolute Gasteiger partial charge is 0.340 e. The SMILES string of the molecule is CC1CCN(C(=O)C(=O)N2C(C)(C)CCCC2(C)C)C1c1ncc(-c2ccc(-c3ccc(-c4cnc(C5[C@@H](C)CCN5C(=O)C(=O)N5C(C)(C)CCCC5(C)C)[nH]4)cc3)cc2)[nH]1. The van der Waals surface area contributed by atoms with Gasteiger partial charge in [-0.25, -0.2) is 9.97 Å². The fourth-order valence-electron chi connectivity index (χ4n) is 11.7. The smallest absolute Gasteiger partial charge is 0.313 e. The Balaban J connectivity index is 0.937. The molecule has 12 nitrogen and oxygen atoms in total. The Hall–Kier alpha value is -5.26. The van der Waals surface area contributed by atoms with Gasteiger partial charge in [-0.15, -0.1) is 0 Å². The number of piperidine rings is 2. The number of carbonyl (C=O) groups excluding carboxylic acids is 4. The number of aromatic nitrogens is 4. The predicted octanol–water partition coefficient (Wildman–Crippen LogP) is 9.09. The summed E-state index contributed by atoms with van der Waals surface area (Å²) in [7, 11) is 0. The highest BCUT2D eigenvalue weighted by Gasteiger charge is 2.51. The van der Waals surface area contributed by atoms with E-state index in [1.165, 1.54) is 0 Å². The number of imidazole rings is 2. The van der Waals surface area contributed by atoms with Crippen molar-refractivity contribution >= 4 is 23.6 Å². The second-order valence-corrected chi connectivity index (χ2v) is 21.2. The van der Waals surface area contributed by atoms with Crippen LogP contribution in [0.5, 0.6) is 0 Å². The second-order valence-electron chi connectivity index (χ2n) is 21.2. The van der Waals surface area contributed by atoms with Crippen molar-refractivity contribution in [2.24, 2.45) is 11.8 Å². The summed E-state index contributed by atoms with van der Waals surface area (Å²) in [4.78, 5) is 79.5. The molecule has 3 unspecified atom stereocenters. The first kappa shape index (κ1) is 43.4. The van der Waals surface area contributed by atoms with Gasteiger partial charge in [0.15, 0.2) is 0 Å². The molecular formula is C50H66N8O4. The highest BCUT2D eigenvalue weighted by Crippen LogP contribution is 2.43. The van der Waals surface area contributed by atoms with Gasteiger partial charge in [0.05, 0.1) is 35.9 Å². The van der Waals surface area contributed by atoms with Crippen LogP contribution in [0.4, 0.5) is 0 Å². The number of hydrogen-bond donors (Lipinski definition) is 2. The van der Waals surface area contributed by atoms with Crippen LogP contribution in [0.2, 0.25) is 0 Å². The van der Waals surface area contributed by atoms with Crippen molar-refractivity contribution in [2.45, 2.75) is 155 Å². The number of aromatic amines is 2. The Morgan fingerprint density at radius 1 is 0.500 bits per heavy atom. The fourth-order valence-corrected chi connectivity index (χ4v) is 11.7. The zero-order chi connectivity index (χ0) is 44.5. The monoisotopic (exact) mass is 843 g/mol. The maximum atomic E-state index is 14.0. The maximum absolute atomic E-state index is 14.0. The van der Waals surface area contributed by atoms with Gasteiger partial charge < -0.3 is 29.6 Å². The van der Waals surface area contributed by atoms with Crippen LogP contribution in [0.25, 0.3) is 33.6 Å². The van der Waals surface area contributed by atoms with Gasteiger partial charge >= 0.3 is 23.6 Å². The van der Waals surface area contributed by atoms with Crippen LogP contribution < -0.4 is 0 Å². The number of benzene rings is 2. The van der Waals surface area contributed by atoms with E-state index in [2.05, 4.69) is 128 Å². The number of likely N-dealkylation sites (tertiary alicyclic amines) is 4. The first-order valence-corrected chi connectivity index (χ1v) is 22.8. The lowest BCUT2D eigenvalue weighted by molar-refractivity contribution is -0.164. The van der Waals surface area contributed by atoms with E-state index in [0.29, 0.717) is 24.7 Å². The van der Waals surface area contributed by atoms with Crippen molar-refractivity contribution in [3.8, 4) is 33.6 Å². The lowest BCUT2D eigenvalue weighted by Gasteiger charge is -2.52. The Morgan fingerprint density at radius 2 is 0.806 bits per heavy atom. The van der Waals surface area contributed by atoms with Crippen molar-refractivity contribution in [1.82, 2.24) is 39.5 Å². The summed E-state index contributed by atoms with van der Waals surface area (Å²) < 4.78 is 0. The van der Waals surface area contributed by atoms with Gasteiger partial charge in [0.2, 0.25) is 0 Å². The molecule has 4 atom stereocenters. The fraction of sp³-hybridized carbons (Fsp3) is 0.560. The minimum Gasteiger partial charge on any atom is -0.340 e. The summed E-state index contributed by atoms with van der Waals surface area (Å²) in [5.41, 5.74) is 4.22. The van der Waals surface area contributed by atoms with E-state index in [4.69, 9.17) is 9.97 Å². The Morgan fingerprint density at radius 3 is 1.13 bits per heavy atom. The lowest BCUT2D eigenvalue weighted by atomic mass is 9.79. The summed E-state index contributed by atoms with van der Waals surface area (Å²) in [5, 5.41) is 0. The highest BCUT2D eigenvalue weighted by molar-refractivity contribution is 6.36. The molecule has 4 fully saturated rings. The molecule has 0 bridgehead atoms. The Labute approximate surface area is 367 Å². The molecule has 4 aliphatic rings. The summed E-state index contributed by atoms with van der Waals surface area (Å²) >= 11 is 0. The predicted molar refractivity (Wildman–Crippen MR) is 241 cm³/mol. The molecule has 4 aromatic rings. The molecule has 330 valence electrons. The molecule has 0 aliphatic carbocycles. The molecule has 0 radical (unpaired) electrons. The third-order valence-electron chi connectivity index (χ3n) is 14.7. The number of H-pyrrole nitrogens is 2. The molecule has 2 aromatic carbocycles. The molecule has 8 rings (SSSR count). The molecule has 12 heteroatoms. The number of nitrogens with zero attached hydrogens (tertiary/aromatic N) is 6. The van der Waals surface area contributed by atoms with Crippen molar-refractivity contribution in [3.05, 3.63) is 72.6 Å². The Bertz CT molecular complexity index is 2140. The van der Waals surface area contributed by atoms with E-state index in [9.17, 15) is 19.2 Å². The summed E-state index contributed by atoms with van der Waals surface area (Å²) in [5.74, 6) is -0.0262. The summed E-state index contributed by atoms with van der Waals surface area (Å²) in [6.45, 7) is 21.8. The number of rotatable bonds is 5. The topological polar surface area (TPSA) is 139 Å². The molecule has 6 heterocycles. The third kappa shape index (κ3) is 7.76. The van der Waals surface area contributed by atoms with Crippen LogP contribution in [0.1, 0.15) is 144 Å². The highest BCUT2D eigenvalue weighted by atomic mass is 16.2. The van der Waals surface area contributed by atoms with E-state index in [-0.39, 0.29) is 23.9 Å². The zero-order valence-electron chi connectivity index (χ0n) is 38.5.